The molecule has 190 valence electrons. The number of carbonyl (C=O) groups excluding carboxylic acids is 2. The molecule has 0 saturated heterocycles. The molecule has 9 nitrogen and oxygen atoms in total. The fourth-order valence-corrected chi connectivity index (χ4v) is 4.18. The van der Waals surface area contributed by atoms with E-state index in [0.717, 1.165) is 12.2 Å². The van der Waals surface area contributed by atoms with Gasteiger partial charge in [0.15, 0.2) is 0 Å². The lowest BCUT2D eigenvalue weighted by Gasteiger charge is -2.35. The van der Waals surface area contributed by atoms with E-state index in [1.165, 1.54) is 7.11 Å². The highest BCUT2D eigenvalue weighted by molar-refractivity contribution is 5.99. The number of hydrogen-bond donors (Lipinski definition) is 1. The van der Waals surface area contributed by atoms with Crippen molar-refractivity contribution < 1.29 is 23.8 Å². The van der Waals surface area contributed by atoms with E-state index in [1.54, 1.807) is 43.5 Å². The van der Waals surface area contributed by atoms with E-state index in [9.17, 15) is 9.59 Å². The molecular formula is C26H36N4O5. The molecule has 0 radical (unpaired) electrons. The van der Waals surface area contributed by atoms with Crippen LogP contribution in [0.2, 0.25) is 0 Å². The third-order valence-corrected chi connectivity index (χ3v) is 6.22. The van der Waals surface area contributed by atoms with Crippen molar-refractivity contribution in [1.82, 2.24) is 14.8 Å². The van der Waals surface area contributed by atoms with Crippen LogP contribution in [-0.2, 0) is 20.8 Å². The molecule has 1 aromatic carbocycles. The number of amides is 2. The molecule has 3 rings (SSSR count). The Hall–Kier alpha value is -3.01. The molecule has 0 bridgehead atoms. The number of nitrogens with zero attached hydrogens (tertiary/aromatic N) is 3. The van der Waals surface area contributed by atoms with Crippen molar-refractivity contribution in [2.24, 2.45) is 5.92 Å². The van der Waals surface area contributed by atoms with Gasteiger partial charge in [-0.1, -0.05) is 13.0 Å². The molecule has 9 heteroatoms. The molecule has 0 spiro atoms. The number of anilines is 1. The molecule has 35 heavy (non-hydrogen) atoms. The first-order chi connectivity index (χ1) is 16.8. The summed E-state index contributed by atoms with van der Waals surface area (Å²) >= 11 is 0. The Morgan fingerprint density at radius 2 is 2.00 bits per heavy atom. The van der Waals surface area contributed by atoms with E-state index >= 15 is 0 Å². The molecule has 0 unspecified atom stereocenters. The Labute approximate surface area is 207 Å². The van der Waals surface area contributed by atoms with Crippen molar-refractivity contribution in [3.05, 3.63) is 53.9 Å². The predicted molar refractivity (Wildman–Crippen MR) is 133 cm³/mol. The van der Waals surface area contributed by atoms with Crippen molar-refractivity contribution in [3.8, 4) is 5.75 Å². The van der Waals surface area contributed by atoms with Crippen LogP contribution in [0.15, 0.2) is 42.6 Å². The van der Waals surface area contributed by atoms with Crippen LogP contribution in [0.25, 0.3) is 0 Å². The SMILES string of the molecule is COCC(=O)Nc1ccc2c(c1)C(=O)N(C)C[C@@H](OC)[C@H](C)CN(Cc1ccccn1)[C@H](C)CO2. The van der Waals surface area contributed by atoms with Gasteiger partial charge in [-0.05, 0) is 43.2 Å². The summed E-state index contributed by atoms with van der Waals surface area (Å²) < 4.78 is 16.9. The van der Waals surface area contributed by atoms with Gasteiger partial charge in [0.1, 0.15) is 19.0 Å². The number of pyridine rings is 1. The van der Waals surface area contributed by atoms with Gasteiger partial charge in [-0.3, -0.25) is 19.5 Å². The van der Waals surface area contributed by atoms with Gasteiger partial charge in [0.2, 0.25) is 5.91 Å². The van der Waals surface area contributed by atoms with Crippen LogP contribution in [0.3, 0.4) is 0 Å². The zero-order valence-corrected chi connectivity index (χ0v) is 21.2. The minimum atomic E-state index is -0.297. The third kappa shape index (κ3) is 7.24. The average molecular weight is 485 g/mol. The first-order valence-electron chi connectivity index (χ1n) is 11.8. The van der Waals surface area contributed by atoms with Gasteiger partial charge in [-0.2, -0.15) is 0 Å². The molecule has 1 N–H and O–H groups in total. The Balaban J connectivity index is 1.92. The Morgan fingerprint density at radius 1 is 1.20 bits per heavy atom. The monoisotopic (exact) mass is 484 g/mol. The zero-order valence-electron chi connectivity index (χ0n) is 21.2. The van der Waals surface area contributed by atoms with Crippen LogP contribution in [0, 0.1) is 5.92 Å². The molecule has 3 atom stereocenters. The quantitative estimate of drug-likeness (QED) is 0.674. The van der Waals surface area contributed by atoms with Crippen LogP contribution in [0.1, 0.15) is 29.9 Å². The highest BCUT2D eigenvalue weighted by Crippen LogP contribution is 2.26. The number of aromatic nitrogens is 1. The highest BCUT2D eigenvalue weighted by atomic mass is 16.5. The second-order valence-electron chi connectivity index (χ2n) is 9.04. The molecule has 2 amide bonds. The maximum atomic E-state index is 13.4. The number of nitrogens with one attached hydrogen (secondary N) is 1. The average Bonchev–Trinajstić information content (AvgIpc) is 2.85. The van der Waals surface area contributed by atoms with Crippen molar-refractivity contribution in [2.45, 2.75) is 32.5 Å². The summed E-state index contributed by atoms with van der Waals surface area (Å²) in [5, 5.41) is 2.75. The number of rotatable bonds is 6. The number of carbonyl (C=O) groups is 2. The lowest BCUT2D eigenvalue weighted by Crippen LogP contribution is -2.46. The summed E-state index contributed by atoms with van der Waals surface area (Å²) in [4.78, 5) is 33.9. The molecular weight excluding hydrogens is 448 g/mol. The number of ether oxygens (including phenoxy) is 3. The summed E-state index contributed by atoms with van der Waals surface area (Å²) in [6, 6.07) is 11.1. The first kappa shape index (κ1) is 26.6. The summed E-state index contributed by atoms with van der Waals surface area (Å²) in [7, 11) is 4.88. The lowest BCUT2D eigenvalue weighted by atomic mass is 10.0. The molecule has 1 aromatic heterocycles. The fourth-order valence-electron chi connectivity index (χ4n) is 4.18. The lowest BCUT2D eigenvalue weighted by molar-refractivity contribution is -0.119. The molecule has 0 aliphatic carbocycles. The second-order valence-corrected chi connectivity index (χ2v) is 9.04. The van der Waals surface area contributed by atoms with Crippen molar-refractivity contribution in [1.29, 1.82) is 0 Å². The van der Waals surface area contributed by atoms with E-state index in [0.29, 0.717) is 36.7 Å². The van der Waals surface area contributed by atoms with Gasteiger partial charge in [0.25, 0.3) is 5.91 Å². The molecule has 0 fully saturated rings. The predicted octanol–water partition coefficient (Wildman–Crippen LogP) is 2.67. The van der Waals surface area contributed by atoms with Crippen LogP contribution in [0.4, 0.5) is 5.69 Å². The van der Waals surface area contributed by atoms with Crippen LogP contribution in [0.5, 0.6) is 5.75 Å². The van der Waals surface area contributed by atoms with Gasteiger partial charge in [0, 0.05) is 58.8 Å². The van der Waals surface area contributed by atoms with Crippen molar-refractivity contribution in [3.63, 3.8) is 0 Å². The van der Waals surface area contributed by atoms with E-state index in [4.69, 9.17) is 14.2 Å². The Kier molecular flexibility index (Phi) is 9.59. The summed E-state index contributed by atoms with van der Waals surface area (Å²) in [6.45, 7) is 6.42. The van der Waals surface area contributed by atoms with Crippen LogP contribution >= 0.6 is 0 Å². The van der Waals surface area contributed by atoms with Gasteiger partial charge in [-0.25, -0.2) is 0 Å². The largest absolute Gasteiger partial charge is 0.491 e. The molecule has 1 aliphatic heterocycles. The summed E-state index contributed by atoms with van der Waals surface area (Å²) in [5.74, 6) is 0.129. The summed E-state index contributed by atoms with van der Waals surface area (Å²) in [5.41, 5.74) is 1.87. The number of methoxy groups -OCH3 is 2. The molecule has 0 saturated carbocycles. The van der Waals surface area contributed by atoms with E-state index < -0.39 is 0 Å². The van der Waals surface area contributed by atoms with Gasteiger partial charge < -0.3 is 24.4 Å². The summed E-state index contributed by atoms with van der Waals surface area (Å²) in [6.07, 6.45) is 1.64. The standard InChI is InChI=1S/C26H36N4O5/c1-18-13-30(14-21-8-6-7-11-27-21)19(2)16-35-23-10-9-20(28-25(31)17-33-4)12-22(23)26(32)29(3)15-24(18)34-5/h6-12,18-19,24H,13-17H2,1-5H3,(H,28,31)/t18-,19-,24-/m1/s1. The number of hydrogen-bond acceptors (Lipinski definition) is 7. The second kappa shape index (κ2) is 12.6. The minimum absolute atomic E-state index is 0.0538. The van der Waals surface area contributed by atoms with Gasteiger partial charge in [0.05, 0.1) is 17.4 Å². The maximum absolute atomic E-state index is 13.4. The van der Waals surface area contributed by atoms with E-state index in [1.807, 2.05) is 18.2 Å². The van der Waals surface area contributed by atoms with E-state index in [2.05, 4.69) is 29.0 Å². The van der Waals surface area contributed by atoms with Crippen LogP contribution in [-0.4, -0.2) is 86.3 Å². The Morgan fingerprint density at radius 3 is 2.69 bits per heavy atom. The number of fused-ring (bicyclic) bond motifs is 1. The van der Waals surface area contributed by atoms with Crippen LogP contribution < -0.4 is 10.1 Å². The Bertz CT molecular complexity index is 987. The minimum Gasteiger partial charge on any atom is -0.491 e. The number of likely N-dealkylation sites (N-methyl/N-ethyl adjacent to an activating group) is 1. The fraction of sp³-hybridized carbons (Fsp3) is 0.500. The molecule has 2 aromatic rings. The molecule has 1 aliphatic rings. The van der Waals surface area contributed by atoms with E-state index in [-0.39, 0.29) is 36.5 Å². The normalized spacial score (nSPS) is 21.9. The number of benzene rings is 1. The first-order valence-corrected chi connectivity index (χ1v) is 11.8. The van der Waals surface area contributed by atoms with Gasteiger partial charge in [-0.15, -0.1) is 0 Å². The maximum Gasteiger partial charge on any atom is 0.257 e. The highest BCUT2D eigenvalue weighted by Gasteiger charge is 2.28. The van der Waals surface area contributed by atoms with Crippen molar-refractivity contribution >= 4 is 17.5 Å². The molecule has 2 heterocycles. The zero-order chi connectivity index (χ0) is 25.4. The van der Waals surface area contributed by atoms with Gasteiger partial charge >= 0.3 is 0 Å². The topological polar surface area (TPSA) is 93.2 Å². The smallest absolute Gasteiger partial charge is 0.257 e. The van der Waals surface area contributed by atoms with Crippen molar-refractivity contribution in [2.75, 3.05) is 52.9 Å². The third-order valence-electron chi connectivity index (χ3n) is 6.22.